The van der Waals surface area contributed by atoms with Gasteiger partial charge >= 0.3 is 12.0 Å². The number of hydrogen-bond acceptors (Lipinski definition) is 6. The van der Waals surface area contributed by atoms with E-state index in [2.05, 4.69) is 0 Å². The second-order valence-electron chi connectivity index (χ2n) is 11.4. The van der Waals surface area contributed by atoms with E-state index in [1.807, 2.05) is 71.8 Å². The quantitative estimate of drug-likeness (QED) is 0.226. The first-order valence-corrected chi connectivity index (χ1v) is 15.7. The molecule has 11 heteroatoms. The number of aryl methyl sites for hydroxylation is 1. The molecule has 2 aromatic heterocycles. The number of thiazole rings is 1. The van der Waals surface area contributed by atoms with E-state index in [-0.39, 0.29) is 23.0 Å². The molecule has 1 saturated carbocycles. The van der Waals surface area contributed by atoms with Crippen LogP contribution in [0.5, 0.6) is 0 Å². The van der Waals surface area contributed by atoms with Gasteiger partial charge in [-0.1, -0.05) is 48.0 Å². The Morgan fingerprint density at radius 3 is 2.38 bits per heavy atom. The summed E-state index contributed by atoms with van der Waals surface area (Å²) in [7, 11) is 0. The standard InChI is InChI=1S/C34H30FN5O4S/c1-21-7-9-22(10-8-21)28-20-45-33(36-28)40(24-5-3-2-4-6-24)34(44)38-15-13-37(14-16-38)30-18-29-25(17-27(30)35)31(41)26(32(42)43)19-39(29)23-11-12-23/h2-10,17-20,23H,11-16H2,1H3,(H,42,43). The summed E-state index contributed by atoms with van der Waals surface area (Å²) >= 11 is 1.40. The Kier molecular flexibility index (Phi) is 7.33. The molecule has 7 rings (SSSR count). The number of carbonyl (C=O) groups excluding carboxylic acids is 1. The van der Waals surface area contributed by atoms with E-state index in [9.17, 15) is 19.5 Å². The highest BCUT2D eigenvalue weighted by Gasteiger charge is 2.31. The second-order valence-corrected chi connectivity index (χ2v) is 12.3. The Bertz CT molecular complexity index is 1980. The van der Waals surface area contributed by atoms with Crippen molar-refractivity contribution in [3.8, 4) is 11.3 Å². The molecule has 2 amide bonds. The minimum absolute atomic E-state index is 0.0591. The first kappa shape index (κ1) is 28.7. The van der Waals surface area contributed by atoms with Crippen molar-refractivity contribution in [1.29, 1.82) is 0 Å². The molecule has 5 aromatic rings. The number of urea groups is 1. The van der Waals surface area contributed by atoms with E-state index in [1.54, 1.807) is 20.4 Å². The van der Waals surface area contributed by atoms with Crippen molar-refractivity contribution in [3.63, 3.8) is 0 Å². The molecule has 0 unspecified atom stereocenters. The number of carbonyl (C=O) groups is 2. The SMILES string of the molecule is Cc1ccc(-c2csc(N(C(=O)N3CCN(c4cc5c(cc4F)c(=O)c(C(=O)O)cn5C4CC4)CC3)c3ccccc3)n2)cc1. The van der Waals surface area contributed by atoms with Crippen LogP contribution in [0.25, 0.3) is 22.2 Å². The van der Waals surface area contributed by atoms with Crippen LogP contribution in [0.1, 0.15) is 34.8 Å². The number of carboxylic acids is 1. The topological polar surface area (TPSA) is 99.0 Å². The number of rotatable bonds is 6. The number of nitrogens with zero attached hydrogens (tertiary/aromatic N) is 5. The average molecular weight is 624 g/mol. The number of hydrogen-bond donors (Lipinski definition) is 1. The van der Waals surface area contributed by atoms with Crippen LogP contribution in [0.2, 0.25) is 0 Å². The summed E-state index contributed by atoms with van der Waals surface area (Å²) in [5.41, 5.74) is 3.42. The van der Waals surface area contributed by atoms with Crippen LogP contribution in [0.3, 0.4) is 0 Å². The van der Waals surface area contributed by atoms with Gasteiger partial charge in [-0.2, -0.15) is 0 Å². The van der Waals surface area contributed by atoms with Crippen LogP contribution in [-0.4, -0.2) is 57.7 Å². The lowest BCUT2D eigenvalue weighted by atomic mass is 10.1. The molecule has 45 heavy (non-hydrogen) atoms. The van der Waals surface area contributed by atoms with Crippen molar-refractivity contribution in [2.75, 3.05) is 36.0 Å². The highest BCUT2D eigenvalue weighted by atomic mass is 32.1. The van der Waals surface area contributed by atoms with Crippen molar-refractivity contribution in [2.45, 2.75) is 25.8 Å². The smallest absolute Gasteiger partial charge is 0.341 e. The molecule has 2 fully saturated rings. The molecular weight excluding hydrogens is 593 g/mol. The maximum absolute atomic E-state index is 15.5. The zero-order valence-electron chi connectivity index (χ0n) is 24.5. The van der Waals surface area contributed by atoms with Crippen molar-refractivity contribution < 1.29 is 19.1 Å². The summed E-state index contributed by atoms with van der Waals surface area (Å²) in [4.78, 5) is 48.7. The zero-order chi connectivity index (χ0) is 31.2. The first-order valence-electron chi connectivity index (χ1n) is 14.8. The lowest BCUT2D eigenvalue weighted by molar-refractivity contribution is 0.0694. The lowest BCUT2D eigenvalue weighted by Gasteiger charge is -2.38. The number of para-hydroxylation sites is 1. The number of aromatic carboxylic acids is 1. The number of pyridine rings is 1. The van der Waals surface area contributed by atoms with Crippen molar-refractivity contribution >= 4 is 50.7 Å². The van der Waals surface area contributed by atoms with Crippen LogP contribution in [0.15, 0.2) is 83.1 Å². The fourth-order valence-electron chi connectivity index (χ4n) is 5.79. The van der Waals surface area contributed by atoms with Crippen LogP contribution >= 0.6 is 11.3 Å². The number of carboxylic acid groups (broad SMARTS) is 1. The molecule has 3 heterocycles. The number of piperazine rings is 1. The molecule has 3 aromatic carbocycles. The lowest BCUT2D eigenvalue weighted by Crippen LogP contribution is -2.52. The number of fused-ring (bicyclic) bond motifs is 1. The summed E-state index contributed by atoms with van der Waals surface area (Å²) in [6, 6.07) is 20.2. The van der Waals surface area contributed by atoms with E-state index in [0.717, 1.165) is 35.7 Å². The maximum Gasteiger partial charge on any atom is 0.341 e. The van der Waals surface area contributed by atoms with Gasteiger partial charge in [0.15, 0.2) is 5.13 Å². The third kappa shape index (κ3) is 5.44. The van der Waals surface area contributed by atoms with Gasteiger partial charge in [-0.15, -0.1) is 11.3 Å². The van der Waals surface area contributed by atoms with Gasteiger partial charge in [-0.25, -0.2) is 23.9 Å². The van der Waals surface area contributed by atoms with Gasteiger partial charge in [-0.3, -0.25) is 4.79 Å². The summed E-state index contributed by atoms with van der Waals surface area (Å²) in [5, 5.41) is 12.1. The van der Waals surface area contributed by atoms with Gasteiger partial charge in [0, 0.05) is 54.7 Å². The number of aromatic nitrogens is 2. The van der Waals surface area contributed by atoms with Crippen LogP contribution in [-0.2, 0) is 0 Å². The predicted octanol–water partition coefficient (Wildman–Crippen LogP) is 6.69. The molecule has 9 nitrogen and oxygen atoms in total. The van der Waals surface area contributed by atoms with Gasteiger partial charge in [0.05, 0.1) is 22.6 Å². The van der Waals surface area contributed by atoms with Gasteiger partial charge in [-0.05, 0) is 44.0 Å². The number of benzene rings is 3. The Hall–Kier alpha value is -5.03. The molecule has 1 saturated heterocycles. The predicted molar refractivity (Wildman–Crippen MR) is 173 cm³/mol. The average Bonchev–Trinajstić information content (AvgIpc) is 3.79. The van der Waals surface area contributed by atoms with Gasteiger partial charge < -0.3 is 19.5 Å². The van der Waals surface area contributed by atoms with E-state index in [1.165, 1.54) is 17.5 Å². The van der Waals surface area contributed by atoms with Crippen molar-refractivity contribution in [1.82, 2.24) is 14.5 Å². The van der Waals surface area contributed by atoms with E-state index in [0.29, 0.717) is 48.2 Å². The second kappa shape index (κ2) is 11.5. The Labute approximate surface area is 262 Å². The minimum atomic E-state index is -1.32. The summed E-state index contributed by atoms with van der Waals surface area (Å²) < 4.78 is 17.3. The molecule has 1 aliphatic carbocycles. The van der Waals surface area contributed by atoms with Crippen molar-refractivity contribution in [2.24, 2.45) is 0 Å². The van der Waals surface area contributed by atoms with Crippen molar-refractivity contribution in [3.05, 3.63) is 105 Å². The molecule has 0 spiro atoms. The highest BCUT2D eigenvalue weighted by molar-refractivity contribution is 7.14. The summed E-state index contributed by atoms with van der Waals surface area (Å²) in [6.07, 6.45) is 3.12. The zero-order valence-corrected chi connectivity index (χ0v) is 25.3. The third-order valence-corrected chi connectivity index (χ3v) is 9.22. The number of anilines is 3. The maximum atomic E-state index is 15.5. The van der Waals surface area contributed by atoms with Gasteiger partial charge in [0.25, 0.3) is 0 Å². The van der Waals surface area contributed by atoms with E-state index in [4.69, 9.17) is 4.98 Å². The Morgan fingerprint density at radius 2 is 1.71 bits per heavy atom. The molecule has 1 N–H and O–H groups in total. The van der Waals surface area contributed by atoms with E-state index >= 15 is 4.39 Å². The Balaban J connectivity index is 1.15. The number of halogens is 1. The highest BCUT2D eigenvalue weighted by Crippen LogP contribution is 2.38. The monoisotopic (exact) mass is 623 g/mol. The summed E-state index contributed by atoms with van der Waals surface area (Å²) in [6.45, 7) is 3.49. The molecule has 0 bridgehead atoms. The van der Waals surface area contributed by atoms with E-state index < -0.39 is 17.2 Å². The van der Waals surface area contributed by atoms with Gasteiger partial charge in [0.1, 0.15) is 11.4 Å². The molecule has 0 atom stereocenters. The van der Waals surface area contributed by atoms with Gasteiger partial charge in [0.2, 0.25) is 5.43 Å². The molecule has 1 aliphatic heterocycles. The molecule has 228 valence electrons. The summed E-state index contributed by atoms with van der Waals surface area (Å²) in [5.74, 6) is -1.92. The fourth-order valence-corrected chi connectivity index (χ4v) is 6.64. The molecular formula is C34H30FN5O4S. The van der Waals surface area contributed by atoms with Crippen LogP contribution in [0.4, 0.5) is 25.7 Å². The number of amides is 2. The first-order chi connectivity index (χ1) is 21.8. The normalized spacial score (nSPS) is 15.0. The molecule has 0 radical (unpaired) electrons. The Morgan fingerprint density at radius 1 is 1.00 bits per heavy atom. The minimum Gasteiger partial charge on any atom is -0.477 e. The molecule has 2 aliphatic rings. The van der Waals surface area contributed by atoms with Crippen LogP contribution in [0, 0.1) is 12.7 Å². The fraction of sp³-hybridized carbons (Fsp3) is 0.235. The third-order valence-electron chi connectivity index (χ3n) is 8.40. The van der Waals surface area contributed by atoms with Crippen LogP contribution < -0.4 is 15.2 Å². The largest absolute Gasteiger partial charge is 0.477 e.